The molecule has 1 aromatic carbocycles. The maximum absolute atomic E-state index is 13.2. The van der Waals surface area contributed by atoms with Crippen molar-refractivity contribution < 1.29 is 13.7 Å². The monoisotopic (exact) mass is 378 g/mol. The van der Waals surface area contributed by atoms with Crippen LogP contribution in [0, 0.1) is 6.92 Å². The number of hydrogen-bond donors (Lipinski definition) is 1. The summed E-state index contributed by atoms with van der Waals surface area (Å²) in [7, 11) is 0. The number of aryl methyl sites for hydroxylation is 1. The zero-order chi connectivity index (χ0) is 19.3. The predicted octanol–water partition coefficient (Wildman–Crippen LogP) is 3.17. The summed E-state index contributed by atoms with van der Waals surface area (Å²) in [6, 6.07) is 10.8. The van der Waals surface area contributed by atoms with E-state index >= 15 is 0 Å². The molecule has 0 saturated heterocycles. The summed E-state index contributed by atoms with van der Waals surface area (Å²) in [6.45, 7) is 1.88. The number of carbonyl (C=O) groups is 1. The number of alkyl halides is 1. The second-order valence-corrected chi connectivity index (χ2v) is 6.75. The molecule has 3 heterocycles. The lowest BCUT2D eigenvalue weighted by molar-refractivity contribution is 0.101. The fourth-order valence-electron chi connectivity index (χ4n) is 2.99. The van der Waals surface area contributed by atoms with Crippen LogP contribution in [0.2, 0.25) is 0 Å². The summed E-state index contributed by atoms with van der Waals surface area (Å²) in [5, 5.41) is 14.7. The van der Waals surface area contributed by atoms with Gasteiger partial charge in [0.25, 0.3) is 5.91 Å². The molecular formula is C19H15FN6O2. The standard InChI is InChI=1S/C19H15FN6O2/c1-10-5-6-11(16-22-19(28-25-16)12-9-13(12)20)8-14(10)21-18(27)17-24-23-15-4-2-3-7-26(15)17/h2-8,12-13H,9H2,1H3,(H,21,27)/t12-,13-/m0/s1. The van der Waals surface area contributed by atoms with Gasteiger partial charge < -0.3 is 9.84 Å². The number of halogens is 1. The van der Waals surface area contributed by atoms with Gasteiger partial charge >= 0.3 is 0 Å². The molecule has 0 aliphatic heterocycles. The van der Waals surface area contributed by atoms with Crippen LogP contribution in [0.3, 0.4) is 0 Å². The lowest BCUT2D eigenvalue weighted by atomic mass is 10.1. The van der Waals surface area contributed by atoms with Gasteiger partial charge in [-0.25, -0.2) is 4.39 Å². The summed E-state index contributed by atoms with van der Waals surface area (Å²) in [5.74, 6) is 0.171. The number of hydrogen-bond acceptors (Lipinski definition) is 6. The molecule has 5 rings (SSSR count). The third kappa shape index (κ3) is 2.81. The van der Waals surface area contributed by atoms with Crippen molar-refractivity contribution in [2.75, 3.05) is 5.32 Å². The van der Waals surface area contributed by atoms with Crippen molar-refractivity contribution in [1.29, 1.82) is 0 Å². The van der Waals surface area contributed by atoms with Gasteiger partial charge in [0, 0.05) is 17.4 Å². The normalized spacial score (nSPS) is 18.4. The minimum Gasteiger partial charge on any atom is -0.339 e. The lowest BCUT2D eigenvalue weighted by Gasteiger charge is -2.08. The number of nitrogens with zero attached hydrogens (tertiary/aromatic N) is 5. The van der Waals surface area contributed by atoms with Crippen LogP contribution in [0.4, 0.5) is 10.1 Å². The van der Waals surface area contributed by atoms with Crippen LogP contribution in [0.1, 0.15) is 34.4 Å². The predicted molar refractivity (Wildman–Crippen MR) is 97.7 cm³/mol. The van der Waals surface area contributed by atoms with E-state index in [1.807, 2.05) is 25.1 Å². The van der Waals surface area contributed by atoms with E-state index in [0.717, 1.165) is 5.56 Å². The van der Waals surface area contributed by atoms with E-state index in [0.29, 0.717) is 35.0 Å². The van der Waals surface area contributed by atoms with Crippen molar-refractivity contribution in [2.45, 2.75) is 25.4 Å². The number of amides is 1. The third-order valence-electron chi connectivity index (χ3n) is 4.73. The minimum absolute atomic E-state index is 0.185. The van der Waals surface area contributed by atoms with E-state index in [1.165, 1.54) is 0 Å². The van der Waals surface area contributed by atoms with E-state index in [9.17, 15) is 9.18 Å². The second-order valence-electron chi connectivity index (χ2n) is 6.75. The molecule has 28 heavy (non-hydrogen) atoms. The average Bonchev–Trinajstić information content (AvgIpc) is 3.12. The Balaban J connectivity index is 1.43. The topological polar surface area (TPSA) is 98.2 Å². The fraction of sp³-hybridized carbons (Fsp3) is 0.211. The first-order valence-electron chi connectivity index (χ1n) is 8.80. The quantitative estimate of drug-likeness (QED) is 0.586. The van der Waals surface area contributed by atoms with Crippen molar-refractivity contribution in [1.82, 2.24) is 24.7 Å². The number of rotatable bonds is 4. The van der Waals surface area contributed by atoms with Gasteiger partial charge in [-0.2, -0.15) is 4.98 Å². The highest BCUT2D eigenvalue weighted by molar-refractivity contribution is 6.02. The molecule has 0 spiro atoms. The summed E-state index contributed by atoms with van der Waals surface area (Å²) >= 11 is 0. The van der Waals surface area contributed by atoms with Crippen molar-refractivity contribution in [3.05, 3.63) is 59.9 Å². The SMILES string of the molecule is Cc1ccc(-c2noc([C@H]3C[C@@H]3F)n2)cc1NC(=O)c1nnc2ccccn12. The molecule has 1 aliphatic rings. The highest BCUT2D eigenvalue weighted by Crippen LogP contribution is 2.43. The minimum atomic E-state index is -0.904. The van der Waals surface area contributed by atoms with Crippen LogP contribution in [-0.2, 0) is 0 Å². The number of pyridine rings is 1. The van der Waals surface area contributed by atoms with Crippen molar-refractivity contribution in [2.24, 2.45) is 0 Å². The molecule has 0 bridgehead atoms. The molecule has 2 atom stereocenters. The van der Waals surface area contributed by atoms with Gasteiger partial charge in [-0.15, -0.1) is 10.2 Å². The zero-order valence-electron chi connectivity index (χ0n) is 14.8. The van der Waals surface area contributed by atoms with Crippen molar-refractivity contribution in [3.63, 3.8) is 0 Å². The Bertz CT molecular complexity index is 1200. The van der Waals surface area contributed by atoms with E-state index in [4.69, 9.17) is 4.52 Å². The number of nitrogens with one attached hydrogen (secondary N) is 1. The van der Waals surface area contributed by atoms with E-state index in [-0.39, 0.29) is 17.6 Å². The average molecular weight is 378 g/mol. The van der Waals surface area contributed by atoms with Gasteiger partial charge in [0.2, 0.25) is 17.5 Å². The molecule has 8 nitrogen and oxygen atoms in total. The van der Waals surface area contributed by atoms with Crippen LogP contribution in [0.25, 0.3) is 17.0 Å². The molecule has 3 aromatic heterocycles. The Morgan fingerprint density at radius 2 is 2.14 bits per heavy atom. The second kappa shape index (κ2) is 6.22. The van der Waals surface area contributed by atoms with Crippen LogP contribution in [0.15, 0.2) is 47.1 Å². The molecule has 1 fully saturated rings. The van der Waals surface area contributed by atoms with Gasteiger partial charge in [0.1, 0.15) is 6.17 Å². The first kappa shape index (κ1) is 16.5. The summed E-state index contributed by atoms with van der Waals surface area (Å²) in [5.41, 5.74) is 2.71. The van der Waals surface area contributed by atoms with Crippen LogP contribution in [-0.4, -0.2) is 36.8 Å². The number of benzene rings is 1. The van der Waals surface area contributed by atoms with Gasteiger partial charge in [-0.3, -0.25) is 9.20 Å². The number of aromatic nitrogens is 5. The van der Waals surface area contributed by atoms with Gasteiger partial charge in [0.05, 0.1) is 5.92 Å². The molecule has 1 amide bonds. The summed E-state index contributed by atoms with van der Waals surface area (Å²) in [6.07, 6.45) is 1.24. The third-order valence-corrected chi connectivity index (χ3v) is 4.73. The number of anilines is 1. The fourth-order valence-corrected chi connectivity index (χ4v) is 2.99. The zero-order valence-corrected chi connectivity index (χ0v) is 14.8. The number of fused-ring (bicyclic) bond motifs is 1. The van der Waals surface area contributed by atoms with E-state index < -0.39 is 6.17 Å². The highest BCUT2D eigenvalue weighted by Gasteiger charge is 2.43. The Kier molecular flexibility index (Phi) is 3.68. The molecule has 140 valence electrons. The Hall–Kier alpha value is -3.62. The first-order valence-corrected chi connectivity index (χ1v) is 8.80. The Morgan fingerprint density at radius 3 is 2.96 bits per heavy atom. The van der Waals surface area contributed by atoms with Gasteiger partial charge in [0.15, 0.2) is 5.65 Å². The molecule has 0 unspecified atom stereocenters. The highest BCUT2D eigenvalue weighted by atomic mass is 19.1. The van der Waals surface area contributed by atoms with Crippen LogP contribution < -0.4 is 5.32 Å². The molecule has 1 N–H and O–H groups in total. The summed E-state index contributed by atoms with van der Waals surface area (Å²) in [4.78, 5) is 17.0. The Labute approximate surface area is 158 Å². The Morgan fingerprint density at radius 1 is 1.29 bits per heavy atom. The molecule has 4 aromatic rings. The summed E-state index contributed by atoms with van der Waals surface area (Å²) < 4.78 is 20.0. The molecular weight excluding hydrogens is 363 g/mol. The van der Waals surface area contributed by atoms with Gasteiger partial charge in [-0.05, 0) is 37.1 Å². The maximum atomic E-state index is 13.2. The largest absolute Gasteiger partial charge is 0.339 e. The molecule has 0 radical (unpaired) electrons. The van der Waals surface area contributed by atoms with Crippen LogP contribution >= 0.6 is 0 Å². The van der Waals surface area contributed by atoms with E-state index in [2.05, 4.69) is 25.7 Å². The maximum Gasteiger partial charge on any atom is 0.293 e. The van der Waals surface area contributed by atoms with Crippen molar-refractivity contribution >= 4 is 17.2 Å². The van der Waals surface area contributed by atoms with Gasteiger partial charge in [-0.1, -0.05) is 23.4 Å². The number of carbonyl (C=O) groups excluding carboxylic acids is 1. The molecule has 1 aliphatic carbocycles. The van der Waals surface area contributed by atoms with E-state index in [1.54, 1.807) is 28.8 Å². The molecule has 9 heteroatoms. The van der Waals surface area contributed by atoms with Crippen molar-refractivity contribution in [3.8, 4) is 11.4 Å². The smallest absolute Gasteiger partial charge is 0.293 e. The first-order chi connectivity index (χ1) is 13.6. The van der Waals surface area contributed by atoms with Crippen LogP contribution in [0.5, 0.6) is 0 Å². The molecule has 1 saturated carbocycles. The lowest BCUT2D eigenvalue weighted by Crippen LogP contribution is -2.16.